The van der Waals surface area contributed by atoms with Crippen molar-refractivity contribution in [1.82, 2.24) is 0 Å². The highest BCUT2D eigenvalue weighted by atomic mass is 31.1. The summed E-state index contributed by atoms with van der Waals surface area (Å²) in [5, 5.41) is 6.30. The number of hydrogen-bond acceptors (Lipinski definition) is 0. The molecule has 4 aromatic carbocycles. The van der Waals surface area contributed by atoms with Gasteiger partial charge in [-0.1, -0.05) is 130 Å². The van der Waals surface area contributed by atoms with Crippen molar-refractivity contribution in [3.8, 4) is 0 Å². The third kappa shape index (κ3) is 6.62. The van der Waals surface area contributed by atoms with Crippen molar-refractivity contribution in [2.75, 3.05) is 0 Å². The summed E-state index contributed by atoms with van der Waals surface area (Å²) in [6, 6.07) is 29.5. The third-order valence-electron chi connectivity index (χ3n) is 8.30. The highest BCUT2D eigenvalue weighted by molar-refractivity contribution is 7.77. The maximum absolute atomic E-state index is 2.51. The maximum Gasteiger partial charge on any atom is -0.00551 e. The van der Waals surface area contributed by atoms with Crippen LogP contribution in [-0.2, 0) is 0 Å². The second kappa shape index (κ2) is 12.3. The van der Waals surface area contributed by atoms with E-state index in [9.17, 15) is 0 Å². The van der Waals surface area contributed by atoms with Crippen molar-refractivity contribution >= 4 is 37.1 Å². The van der Waals surface area contributed by atoms with Crippen molar-refractivity contribution in [1.29, 1.82) is 0 Å². The Kier molecular flexibility index (Phi) is 9.00. The Morgan fingerprint density at radius 3 is 0.750 bits per heavy atom. The molecule has 0 aliphatic heterocycles. The van der Waals surface area contributed by atoms with Gasteiger partial charge in [0.25, 0.3) is 0 Å². The SMILES string of the molecule is Cc1cc(C)cc(P(c2cc(C)cc(C)c2)[C@@H]2CCCC[C@H]2P(c2cc(C)cc(C)c2)c2cc(C)cc(C)c2)c1. The van der Waals surface area contributed by atoms with Gasteiger partial charge in [-0.2, -0.15) is 0 Å². The molecule has 0 nitrogen and oxygen atoms in total. The lowest BCUT2D eigenvalue weighted by molar-refractivity contribution is 0.521. The van der Waals surface area contributed by atoms with Crippen LogP contribution in [0, 0.1) is 55.4 Å². The Hall–Kier alpha value is -2.26. The molecule has 0 saturated heterocycles. The molecule has 40 heavy (non-hydrogen) atoms. The van der Waals surface area contributed by atoms with Gasteiger partial charge in [0.1, 0.15) is 0 Å². The van der Waals surface area contributed by atoms with E-state index in [0.29, 0.717) is 11.3 Å². The van der Waals surface area contributed by atoms with E-state index in [4.69, 9.17) is 0 Å². The van der Waals surface area contributed by atoms with E-state index < -0.39 is 15.8 Å². The van der Waals surface area contributed by atoms with Crippen LogP contribution in [0.1, 0.15) is 70.2 Å². The lowest BCUT2D eigenvalue weighted by Crippen LogP contribution is -2.38. The number of hydrogen-bond donors (Lipinski definition) is 0. The molecule has 0 bridgehead atoms. The predicted octanol–water partition coefficient (Wildman–Crippen LogP) is 9.03. The van der Waals surface area contributed by atoms with Crippen molar-refractivity contribution in [3.05, 3.63) is 117 Å². The van der Waals surface area contributed by atoms with Crippen LogP contribution in [0.15, 0.2) is 72.8 Å². The molecule has 1 aliphatic carbocycles. The quantitative estimate of drug-likeness (QED) is 0.205. The van der Waals surface area contributed by atoms with Crippen LogP contribution >= 0.6 is 15.8 Å². The fourth-order valence-corrected chi connectivity index (χ4v) is 14.7. The molecular formula is C38H46P2. The predicted molar refractivity (Wildman–Crippen MR) is 182 cm³/mol. The van der Waals surface area contributed by atoms with Crippen LogP contribution in [0.3, 0.4) is 0 Å². The Morgan fingerprint density at radius 1 is 0.350 bits per heavy atom. The Balaban J connectivity index is 1.73. The Morgan fingerprint density at radius 2 is 0.550 bits per heavy atom. The van der Waals surface area contributed by atoms with Crippen LogP contribution < -0.4 is 21.2 Å². The molecule has 1 fully saturated rings. The monoisotopic (exact) mass is 564 g/mol. The zero-order valence-corrected chi connectivity index (χ0v) is 27.6. The minimum atomic E-state index is -0.501. The number of benzene rings is 4. The summed E-state index contributed by atoms with van der Waals surface area (Å²) in [7, 11) is -1.00. The molecular weight excluding hydrogens is 518 g/mol. The Bertz CT molecular complexity index is 1220. The molecule has 0 spiro atoms. The second-order valence-electron chi connectivity index (χ2n) is 12.5. The lowest BCUT2D eigenvalue weighted by atomic mass is 9.99. The molecule has 1 aliphatic rings. The van der Waals surface area contributed by atoms with E-state index in [1.165, 1.54) is 70.2 Å². The van der Waals surface area contributed by atoms with Crippen molar-refractivity contribution in [2.24, 2.45) is 0 Å². The van der Waals surface area contributed by atoms with Crippen LogP contribution in [-0.4, -0.2) is 11.3 Å². The van der Waals surface area contributed by atoms with Gasteiger partial charge in [-0.15, -0.1) is 0 Å². The summed E-state index contributed by atoms with van der Waals surface area (Å²) in [5.41, 5.74) is 12.5. The average molecular weight is 565 g/mol. The summed E-state index contributed by atoms with van der Waals surface area (Å²) in [6.45, 7) is 18.2. The topological polar surface area (TPSA) is 0 Å². The summed E-state index contributed by atoms with van der Waals surface area (Å²) in [6.07, 6.45) is 5.34. The van der Waals surface area contributed by atoms with Gasteiger partial charge in [-0.05, 0) is 117 Å². The first-order valence-electron chi connectivity index (χ1n) is 15.0. The van der Waals surface area contributed by atoms with Gasteiger partial charge >= 0.3 is 0 Å². The van der Waals surface area contributed by atoms with Crippen LogP contribution in [0.25, 0.3) is 0 Å². The molecule has 2 atom stereocenters. The van der Waals surface area contributed by atoms with E-state index in [0.717, 1.165) is 0 Å². The molecule has 0 radical (unpaired) electrons. The largest absolute Gasteiger partial charge is 0.0563 e. The molecule has 2 heteroatoms. The van der Waals surface area contributed by atoms with E-state index in [1.54, 1.807) is 21.2 Å². The van der Waals surface area contributed by atoms with Crippen LogP contribution in [0.5, 0.6) is 0 Å². The van der Waals surface area contributed by atoms with Gasteiger partial charge in [0.05, 0.1) is 0 Å². The van der Waals surface area contributed by atoms with Crippen LogP contribution in [0.4, 0.5) is 0 Å². The first-order chi connectivity index (χ1) is 19.1. The fourth-order valence-electron chi connectivity index (χ4n) is 7.12. The molecule has 5 rings (SSSR count). The number of rotatable bonds is 6. The molecule has 0 heterocycles. The second-order valence-corrected chi connectivity index (χ2v) is 17.4. The first kappa shape index (κ1) is 29.2. The first-order valence-corrected chi connectivity index (χ1v) is 17.8. The van der Waals surface area contributed by atoms with Crippen LogP contribution in [0.2, 0.25) is 0 Å². The van der Waals surface area contributed by atoms with Crippen molar-refractivity contribution < 1.29 is 0 Å². The number of aryl methyl sites for hydroxylation is 8. The van der Waals surface area contributed by atoms with Gasteiger partial charge in [-0.3, -0.25) is 0 Å². The standard InChI is InChI=1S/C38H46P2/c1-25-13-26(2)18-33(17-25)39(34-19-27(3)14-28(4)20-34)37-11-9-10-12-38(37)40(35-21-29(5)15-30(6)22-35)36-23-31(7)16-32(8)24-36/h13-24,37-38H,9-12H2,1-8H3/t37-,38-/m1/s1. The van der Waals surface area contributed by atoms with Gasteiger partial charge in [0, 0.05) is 0 Å². The molecule has 0 N–H and O–H groups in total. The zero-order valence-electron chi connectivity index (χ0n) is 25.8. The molecule has 0 aromatic heterocycles. The molecule has 0 unspecified atom stereocenters. The van der Waals surface area contributed by atoms with Gasteiger partial charge < -0.3 is 0 Å². The minimum Gasteiger partial charge on any atom is -0.0563 e. The Labute approximate surface area is 246 Å². The average Bonchev–Trinajstić information content (AvgIpc) is 2.83. The lowest BCUT2D eigenvalue weighted by Gasteiger charge is -2.43. The fraction of sp³-hybridized carbons (Fsp3) is 0.368. The molecule has 0 amide bonds. The summed E-state index contributed by atoms with van der Waals surface area (Å²) >= 11 is 0. The van der Waals surface area contributed by atoms with Crippen molar-refractivity contribution in [3.63, 3.8) is 0 Å². The van der Waals surface area contributed by atoms with Gasteiger partial charge in [0.2, 0.25) is 0 Å². The van der Waals surface area contributed by atoms with E-state index in [1.807, 2.05) is 0 Å². The van der Waals surface area contributed by atoms with E-state index in [-0.39, 0.29) is 0 Å². The zero-order chi connectivity index (χ0) is 28.6. The normalized spacial score (nSPS) is 17.6. The smallest absolute Gasteiger partial charge is 0.00551 e. The molecule has 1 saturated carbocycles. The van der Waals surface area contributed by atoms with Gasteiger partial charge in [0.15, 0.2) is 0 Å². The minimum absolute atomic E-state index is 0.501. The van der Waals surface area contributed by atoms with Gasteiger partial charge in [-0.25, -0.2) is 0 Å². The summed E-state index contributed by atoms with van der Waals surface area (Å²) in [5.74, 6) is 0. The third-order valence-corrected chi connectivity index (χ3v) is 14.4. The van der Waals surface area contributed by atoms with Crippen molar-refractivity contribution in [2.45, 2.75) is 92.4 Å². The summed E-state index contributed by atoms with van der Waals surface area (Å²) < 4.78 is 0. The van der Waals surface area contributed by atoms with E-state index >= 15 is 0 Å². The molecule has 4 aromatic rings. The molecule has 208 valence electrons. The highest BCUT2D eigenvalue weighted by Gasteiger charge is 2.39. The maximum atomic E-state index is 2.51. The van der Waals surface area contributed by atoms with E-state index in [2.05, 4.69) is 128 Å². The highest BCUT2D eigenvalue weighted by Crippen LogP contribution is 2.57. The summed E-state index contributed by atoms with van der Waals surface area (Å²) in [4.78, 5) is 0.